The maximum absolute atomic E-state index is 10.8. The smallest absolute Gasteiger partial charge is 0.276 e. The Hall–Kier alpha value is -1.93. The van der Waals surface area contributed by atoms with Gasteiger partial charge in [0.2, 0.25) is 0 Å². The second-order valence-electron chi connectivity index (χ2n) is 4.54. The molecule has 19 heavy (non-hydrogen) atoms. The van der Waals surface area contributed by atoms with Gasteiger partial charge in [0.05, 0.1) is 23.2 Å². The highest BCUT2D eigenvalue weighted by molar-refractivity contribution is 5.54. The van der Waals surface area contributed by atoms with Crippen molar-refractivity contribution in [3.63, 3.8) is 0 Å². The zero-order valence-corrected chi connectivity index (χ0v) is 10.6. The summed E-state index contributed by atoms with van der Waals surface area (Å²) in [6.45, 7) is 2.68. The van der Waals surface area contributed by atoms with Crippen LogP contribution in [0.1, 0.15) is 19.8 Å². The standard InChI is InChI=1S/C11H17N5O3/c1-7-4-8(2-3-19-7)13-10-5-9(16(17)18)6-11(14-10)15-12/h5-8H,2-4,12H2,1H3,(H2,13,14,15). The third-order valence-corrected chi connectivity index (χ3v) is 3.01. The topological polar surface area (TPSA) is 115 Å². The summed E-state index contributed by atoms with van der Waals surface area (Å²) in [5.41, 5.74) is 2.28. The first-order valence-electron chi connectivity index (χ1n) is 6.09. The number of hydrogen-bond donors (Lipinski definition) is 3. The van der Waals surface area contributed by atoms with Gasteiger partial charge in [0.15, 0.2) is 0 Å². The maximum atomic E-state index is 10.8. The summed E-state index contributed by atoms with van der Waals surface area (Å²) >= 11 is 0. The lowest BCUT2D eigenvalue weighted by atomic mass is 10.0. The number of nitrogen functional groups attached to an aromatic ring is 1. The van der Waals surface area contributed by atoms with Crippen LogP contribution in [-0.4, -0.2) is 28.7 Å². The summed E-state index contributed by atoms with van der Waals surface area (Å²) in [4.78, 5) is 14.5. The van der Waals surface area contributed by atoms with E-state index in [1.165, 1.54) is 12.1 Å². The Bertz CT molecular complexity index is 468. The monoisotopic (exact) mass is 267 g/mol. The SMILES string of the molecule is CC1CC(Nc2cc([N+](=O)[O-])cc(NN)n2)CCO1. The molecule has 2 unspecified atom stereocenters. The van der Waals surface area contributed by atoms with Gasteiger partial charge in [-0.3, -0.25) is 10.1 Å². The molecule has 1 fully saturated rings. The summed E-state index contributed by atoms with van der Waals surface area (Å²) in [5.74, 6) is 5.97. The summed E-state index contributed by atoms with van der Waals surface area (Å²) in [6, 6.07) is 2.89. The van der Waals surface area contributed by atoms with Crippen molar-refractivity contribution in [2.45, 2.75) is 31.9 Å². The van der Waals surface area contributed by atoms with Crippen LogP contribution in [0.4, 0.5) is 17.3 Å². The number of rotatable bonds is 4. The summed E-state index contributed by atoms with van der Waals surface area (Å²) in [6.07, 6.45) is 1.87. The number of hydrazine groups is 1. The van der Waals surface area contributed by atoms with Crippen molar-refractivity contribution in [3.05, 3.63) is 22.2 Å². The van der Waals surface area contributed by atoms with Crippen LogP contribution in [0.5, 0.6) is 0 Å². The minimum atomic E-state index is -0.472. The fourth-order valence-electron chi connectivity index (χ4n) is 2.11. The second kappa shape index (κ2) is 5.81. The minimum absolute atomic E-state index is 0.0504. The number of anilines is 2. The predicted octanol–water partition coefficient (Wildman–Crippen LogP) is 1.25. The fourth-order valence-corrected chi connectivity index (χ4v) is 2.11. The summed E-state index contributed by atoms with van der Waals surface area (Å²) in [7, 11) is 0. The Kier molecular flexibility index (Phi) is 4.13. The third-order valence-electron chi connectivity index (χ3n) is 3.01. The molecule has 1 aromatic rings. The number of pyridine rings is 1. The van der Waals surface area contributed by atoms with E-state index in [4.69, 9.17) is 10.6 Å². The molecule has 8 nitrogen and oxygen atoms in total. The molecule has 2 rings (SSSR count). The van der Waals surface area contributed by atoms with Crippen molar-refractivity contribution in [2.75, 3.05) is 17.3 Å². The summed E-state index contributed by atoms with van der Waals surface area (Å²) in [5, 5.41) is 14.0. The second-order valence-corrected chi connectivity index (χ2v) is 4.54. The third kappa shape index (κ3) is 3.52. The average Bonchev–Trinajstić information content (AvgIpc) is 2.38. The predicted molar refractivity (Wildman–Crippen MR) is 70.8 cm³/mol. The maximum Gasteiger partial charge on any atom is 0.276 e. The van der Waals surface area contributed by atoms with Crippen LogP contribution in [-0.2, 0) is 4.74 Å². The molecule has 0 spiro atoms. The highest BCUT2D eigenvalue weighted by Crippen LogP contribution is 2.23. The molecule has 4 N–H and O–H groups in total. The van der Waals surface area contributed by atoms with Crippen LogP contribution in [0.2, 0.25) is 0 Å². The van der Waals surface area contributed by atoms with Gasteiger partial charge in [-0.25, -0.2) is 10.8 Å². The Morgan fingerprint density at radius 3 is 2.89 bits per heavy atom. The highest BCUT2D eigenvalue weighted by atomic mass is 16.6. The van der Waals surface area contributed by atoms with Crippen LogP contribution < -0.4 is 16.6 Å². The highest BCUT2D eigenvalue weighted by Gasteiger charge is 2.20. The summed E-state index contributed by atoms with van der Waals surface area (Å²) < 4.78 is 5.45. The molecule has 1 saturated heterocycles. The number of aromatic nitrogens is 1. The number of nitro groups is 1. The first-order chi connectivity index (χ1) is 9.08. The lowest BCUT2D eigenvalue weighted by molar-refractivity contribution is -0.384. The lowest BCUT2D eigenvalue weighted by Gasteiger charge is -2.28. The largest absolute Gasteiger partial charge is 0.378 e. The number of nitrogens with two attached hydrogens (primary N) is 1. The Morgan fingerprint density at radius 2 is 2.26 bits per heavy atom. The zero-order chi connectivity index (χ0) is 13.8. The van der Waals surface area contributed by atoms with Gasteiger partial charge in [-0.05, 0) is 19.8 Å². The van der Waals surface area contributed by atoms with Crippen LogP contribution in [0.3, 0.4) is 0 Å². The zero-order valence-electron chi connectivity index (χ0n) is 10.6. The van der Waals surface area contributed by atoms with Crippen molar-refractivity contribution in [2.24, 2.45) is 5.84 Å². The molecular weight excluding hydrogens is 250 g/mol. The molecular formula is C11H17N5O3. The van der Waals surface area contributed by atoms with Gasteiger partial charge in [-0.1, -0.05) is 0 Å². The Morgan fingerprint density at radius 1 is 1.53 bits per heavy atom. The molecule has 0 aliphatic carbocycles. The molecule has 8 heteroatoms. The quantitative estimate of drug-likeness (QED) is 0.427. The fraction of sp³-hybridized carbons (Fsp3) is 0.545. The van der Waals surface area contributed by atoms with Gasteiger partial charge in [0.1, 0.15) is 11.6 Å². The van der Waals surface area contributed by atoms with Crippen molar-refractivity contribution in [1.29, 1.82) is 0 Å². The van der Waals surface area contributed by atoms with Gasteiger partial charge in [-0.15, -0.1) is 0 Å². The van der Waals surface area contributed by atoms with Gasteiger partial charge in [0.25, 0.3) is 5.69 Å². The number of hydrogen-bond acceptors (Lipinski definition) is 7. The number of nitrogens with zero attached hydrogens (tertiary/aromatic N) is 2. The lowest BCUT2D eigenvalue weighted by Crippen LogP contribution is -2.32. The molecule has 0 aromatic carbocycles. The van der Waals surface area contributed by atoms with Crippen LogP contribution in [0.15, 0.2) is 12.1 Å². The van der Waals surface area contributed by atoms with Crippen molar-refractivity contribution in [1.82, 2.24) is 4.98 Å². The van der Waals surface area contributed by atoms with E-state index >= 15 is 0 Å². The van der Waals surface area contributed by atoms with E-state index in [-0.39, 0.29) is 23.7 Å². The normalized spacial score (nSPS) is 22.8. The van der Waals surface area contributed by atoms with Gasteiger partial charge < -0.3 is 15.5 Å². The molecule has 104 valence electrons. The van der Waals surface area contributed by atoms with Gasteiger partial charge >= 0.3 is 0 Å². The van der Waals surface area contributed by atoms with Crippen LogP contribution in [0, 0.1) is 10.1 Å². The average molecular weight is 267 g/mol. The van der Waals surface area contributed by atoms with E-state index in [0.717, 1.165) is 12.8 Å². The first kappa shape index (κ1) is 13.5. The van der Waals surface area contributed by atoms with E-state index in [2.05, 4.69) is 15.7 Å². The number of nitrogens with one attached hydrogen (secondary N) is 2. The van der Waals surface area contributed by atoms with E-state index in [0.29, 0.717) is 12.4 Å². The molecule has 0 radical (unpaired) electrons. The van der Waals surface area contributed by atoms with Crippen LogP contribution in [0.25, 0.3) is 0 Å². The van der Waals surface area contributed by atoms with Crippen molar-refractivity contribution in [3.8, 4) is 0 Å². The molecule has 0 saturated carbocycles. The number of ether oxygens (including phenoxy) is 1. The van der Waals surface area contributed by atoms with Gasteiger partial charge in [-0.2, -0.15) is 0 Å². The molecule has 2 atom stereocenters. The van der Waals surface area contributed by atoms with Crippen molar-refractivity contribution < 1.29 is 9.66 Å². The Balaban J connectivity index is 2.14. The van der Waals surface area contributed by atoms with E-state index < -0.39 is 4.92 Å². The van der Waals surface area contributed by atoms with Gasteiger partial charge in [0, 0.05) is 12.6 Å². The molecule has 1 aliphatic heterocycles. The molecule has 0 bridgehead atoms. The minimum Gasteiger partial charge on any atom is -0.378 e. The molecule has 1 aromatic heterocycles. The van der Waals surface area contributed by atoms with Crippen molar-refractivity contribution >= 4 is 17.3 Å². The van der Waals surface area contributed by atoms with E-state index in [1.54, 1.807) is 0 Å². The first-order valence-corrected chi connectivity index (χ1v) is 6.09. The Labute approximate surface area is 110 Å². The molecule has 0 amide bonds. The molecule has 2 heterocycles. The van der Waals surface area contributed by atoms with Crippen LogP contribution >= 0.6 is 0 Å². The molecule has 1 aliphatic rings. The van der Waals surface area contributed by atoms with E-state index in [1.807, 2.05) is 6.92 Å². The van der Waals surface area contributed by atoms with E-state index in [9.17, 15) is 10.1 Å².